The number of carbonyl (C=O) groups excluding carboxylic acids is 2. The molecule has 84 valence electrons. The van der Waals surface area contributed by atoms with Crippen molar-refractivity contribution >= 4 is 44.5 Å². The lowest BCUT2D eigenvalue weighted by atomic mass is 10.1. The molecule has 1 saturated heterocycles. The average molecular weight is 300 g/mol. The van der Waals surface area contributed by atoms with E-state index in [2.05, 4.69) is 15.9 Å². The molecule has 0 aliphatic carbocycles. The number of thioether (sulfide) groups is 1. The number of anilines is 1. The molecule has 1 unspecified atom stereocenters. The van der Waals surface area contributed by atoms with Gasteiger partial charge in [0.05, 0.1) is 5.69 Å². The number of rotatable bonds is 1. The molecule has 1 aliphatic rings. The number of carbonyl (C=O) groups is 2. The van der Waals surface area contributed by atoms with Crippen LogP contribution < -0.4 is 4.90 Å². The van der Waals surface area contributed by atoms with E-state index < -0.39 is 4.16 Å². The van der Waals surface area contributed by atoms with Crippen LogP contribution in [-0.2, 0) is 4.79 Å². The molecule has 1 fully saturated rings. The molecule has 3 nitrogen and oxygen atoms in total. The number of hydrogen-bond acceptors (Lipinski definition) is 3. The van der Waals surface area contributed by atoms with Gasteiger partial charge >= 0.3 is 0 Å². The molecule has 0 bridgehead atoms. The van der Waals surface area contributed by atoms with E-state index in [1.54, 1.807) is 6.07 Å². The maximum Gasteiger partial charge on any atom is 0.294 e. The fourth-order valence-corrected chi connectivity index (χ4v) is 2.85. The Hall–Kier alpha value is -0.810. The van der Waals surface area contributed by atoms with Crippen molar-refractivity contribution in [1.29, 1.82) is 0 Å². The Bertz CT molecular complexity index is 475. The van der Waals surface area contributed by atoms with Gasteiger partial charge in [-0.15, -0.1) is 0 Å². The molecule has 2 amide bonds. The summed E-state index contributed by atoms with van der Waals surface area (Å²) < 4.78 is -0.457. The molecule has 0 radical (unpaired) electrons. The quantitative estimate of drug-likeness (QED) is 0.747. The lowest BCUT2D eigenvalue weighted by molar-refractivity contribution is -0.115. The van der Waals surface area contributed by atoms with Crippen LogP contribution in [0.25, 0.3) is 0 Å². The van der Waals surface area contributed by atoms with E-state index in [9.17, 15) is 9.59 Å². The fourth-order valence-electron chi connectivity index (χ4n) is 1.48. The van der Waals surface area contributed by atoms with Crippen molar-refractivity contribution < 1.29 is 9.59 Å². The highest BCUT2D eigenvalue weighted by molar-refractivity contribution is 9.12. The molecule has 16 heavy (non-hydrogen) atoms. The van der Waals surface area contributed by atoms with Crippen LogP contribution in [0, 0.1) is 13.8 Å². The number of benzene rings is 1. The topological polar surface area (TPSA) is 37.4 Å². The van der Waals surface area contributed by atoms with E-state index in [0.29, 0.717) is 5.69 Å². The summed E-state index contributed by atoms with van der Waals surface area (Å²) in [7, 11) is 0. The molecular formula is C11H10BrNO2S. The standard InChI is InChI=1S/C11H10BrNO2S/c1-6-3-4-8(5-7(6)2)13-10(14)9(12)16-11(13)15/h3-5,9H,1-2H3. The molecule has 5 heteroatoms. The maximum atomic E-state index is 11.7. The van der Waals surface area contributed by atoms with Gasteiger partial charge in [-0.2, -0.15) is 0 Å². The molecule has 0 saturated carbocycles. The highest BCUT2D eigenvalue weighted by atomic mass is 79.9. The van der Waals surface area contributed by atoms with Gasteiger partial charge in [0.2, 0.25) is 0 Å². The lowest BCUT2D eigenvalue weighted by Gasteiger charge is -2.14. The Morgan fingerprint density at radius 2 is 1.94 bits per heavy atom. The summed E-state index contributed by atoms with van der Waals surface area (Å²) in [6.45, 7) is 3.96. The zero-order valence-electron chi connectivity index (χ0n) is 8.86. The van der Waals surface area contributed by atoms with Gasteiger partial charge in [0, 0.05) is 0 Å². The van der Waals surface area contributed by atoms with Gasteiger partial charge in [-0.1, -0.05) is 22.0 Å². The van der Waals surface area contributed by atoms with Gasteiger partial charge in [-0.25, -0.2) is 4.90 Å². The molecule has 0 N–H and O–H groups in total. The van der Waals surface area contributed by atoms with Crippen molar-refractivity contribution in [2.75, 3.05) is 4.90 Å². The van der Waals surface area contributed by atoms with Gasteiger partial charge in [0.1, 0.15) is 4.16 Å². The number of aryl methyl sites for hydroxylation is 2. The third kappa shape index (κ3) is 1.89. The van der Waals surface area contributed by atoms with Gasteiger partial charge in [-0.3, -0.25) is 9.59 Å². The summed E-state index contributed by atoms with van der Waals surface area (Å²) in [6, 6.07) is 5.57. The summed E-state index contributed by atoms with van der Waals surface area (Å²) in [5.41, 5.74) is 2.86. The molecule has 0 aromatic heterocycles. The number of amides is 2. The maximum absolute atomic E-state index is 11.7. The summed E-state index contributed by atoms with van der Waals surface area (Å²) in [5, 5.41) is -0.227. The van der Waals surface area contributed by atoms with Gasteiger partial charge < -0.3 is 0 Å². The highest BCUT2D eigenvalue weighted by Crippen LogP contribution is 2.35. The molecule has 1 heterocycles. The normalized spacial score (nSPS) is 20.7. The van der Waals surface area contributed by atoms with Crippen molar-refractivity contribution in [2.45, 2.75) is 18.0 Å². The van der Waals surface area contributed by atoms with E-state index >= 15 is 0 Å². The molecule has 1 atom stereocenters. The monoisotopic (exact) mass is 299 g/mol. The molecule has 2 rings (SSSR count). The first kappa shape index (κ1) is 11.7. The Balaban J connectivity index is 2.41. The summed E-state index contributed by atoms with van der Waals surface area (Å²) in [6.07, 6.45) is 0. The zero-order chi connectivity index (χ0) is 11.9. The van der Waals surface area contributed by atoms with Crippen molar-refractivity contribution in [3.05, 3.63) is 29.3 Å². The van der Waals surface area contributed by atoms with Crippen molar-refractivity contribution in [3.8, 4) is 0 Å². The SMILES string of the molecule is Cc1ccc(N2C(=O)SC(Br)C2=O)cc1C. The Morgan fingerprint density at radius 3 is 2.44 bits per heavy atom. The molecular weight excluding hydrogens is 290 g/mol. The van der Waals surface area contributed by atoms with E-state index in [1.165, 1.54) is 4.90 Å². The number of nitrogens with zero attached hydrogens (tertiary/aromatic N) is 1. The molecule has 1 aromatic rings. The summed E-state index contributed by atoms with van der Waals surface area (Å²) in [5.74, 6) is -0.210. The first-order valence-electron chi connectivity index (χ1n) is 4.76. The van der Waals surface area contributed by atoms with Crippen LogP contribution in [0.2, 0.25) is 0 Å². The summed E-state index contributed by atoms with van der Waals surface area (Å²) in [4.78, 5) is 24.6. The molecule has 1 aliphatic heterocycles. The van der Waals surface area contributed by atoms with Crippen LogP contribution in [-0.4, -0.2) is 15.3 Å². The van der Waals surface area contributed by atoms with Crippen molar-refractivity contribution in [3.63, 3.8) is 0 Å². The van der Waals surface area contributed by atoms with Crippen LogP contribution in [0.3, 0.4) is 0 Å². The Labute approximate surface area is 106 Å². The van der Waals surface area contributed by atoms with Gasteiger partial charge in [-0.05, 0) is 48.9 Å². The highest BCUT2D eigenvalue weighted by Gasteiger charge is 2.39. The lowest BCUT2D eigenvalue weighted by Crippen LogP contribution is -2.29. The number of halogens is 1. The second-order valence-electron chi connectivity index (χ2n) is 3.64. The number of imide groups is 1. The smallest absolute Gasteiger partial charge is 0.272 e. The van der Waals surface area contributed by atoms with E-state index in [1.807, 2.05) is 26.0 Å². The average Bonchev–Trinajstić information content (AvgIpc) is 2.47. The second kappa shape index (κ2) is 4.22. The largest absolute Gasteiger partial charge is 0.294 e. The van der Waals surface area contributed by atoms with Gasteiger partial charge in [0.25, 0.3) is 11.1 Å². The molecule has 1 aromatic carbocycles. The number of hydrogen-bond donors (Lipinski definition) is 0. The third-order valence-corrected chi connectivity index (χ3v) is 4.30. The Morgan fingerprint density at radius 1 is 1.25 bits per heavy atom. The number of alkyl halides is 1. The van der Waals surface area contributed by atoms with Crippen LogP contribution >= 0.6 is 27.7 Å². The minimum atomic E-state index is -0.457. The van der Waals surface area contributed by atoms with Crippen LogP contribution in [0.5, 0.6) is 0 Å². The van der Waals surface area contributed by atoms with Crippen LogP contribution in [0.15, 0.2) is 18.2 Å². The summed E-state index contributed by atoms with van der Waals surface area (Å²) >= 11 is 4.16. The van der Waals surface area contributed by atoms with Crippen LogP contribution in [0.4, 0.5) is 10.5 Å². The first-order chi connectivity index (χ1) is 7.50. The van der Waals surface area contributed by atoms with E-state index in [4.69, 9.17) is 0 Å². The fraction of sp³-hybridized carbons (Fsp3) is 0.273. The van der Waals surface area contributed by atoms with Crippen molar-refractivity contribution in [1.82, 2.24) is 0 Å². The van der Waals surface area contributed by atoms with E-state index in [-0.39, 0.29) is 11.1 Å². The van der Waals surface area contributed by atoms with Crippen molar-refractivity contribution in [2.24, 2.45) is 0 Å². The van der Waals surface area contributed by atoms with E-state index in [0.717, 1.165) is 22.9 Å². The minimum absolute atomic E-state index is 0.210. The first-order valence-corrected chi connectivity index (χ1v) is 6.56. The zero-order valence-corrected chi connectivity index (χ0v) is 11.3. The van der Waals surface area contributed by atoms with Gasteiger partial charge in [0.15, 0.2) is 0 Å². The predicted molar refractivity (Wildman–Crippen MR) is 69.1 cm³/mol. The Kier molecular flexibility index (Phi) is 3.08. The predicted octanol–water partition coefficient (Wildman–Crippen LogP) is 3.22. The molecule has 0 spiro atoms. The second-order valence-corrected chi connectivity index (χ2v) is 6.22. The third-order valence-electron chi connectivity index (χ3n) is 2.55. The minimum Gasteiger partial charge on any atom is -0.272 e. The van der Waals surface area contributed by atoms with Crippen LogP contribution in [0.1, 0.15) is 11.1 Å².